The molecule has 218 valence electrons. The molecule has 0 unspecified atom stereocenters. The first-order chi connectivity index (χ1) is 20.6. The normalized spacial score (nSPS) is 15.9. The van der Waals surface area contributed by atoms with E-state index >= 15 is 0 Å². The summed E-state index contributed by atoms with van der Waals surface area (Å²) in [7, 11) is 1.56. The van der Waals surface area contributed by atoms with Gasteiger partial charge in [-0.3, -0.25) is 4.79 Å². The van der Waals surface area contributed by atoms with Gasteiger partial charge in [0.05, 0.1) is 35.3 Å². The van der Waals surface area contributed by atoms with Crippen molar-refractivity contribution >= 4 is 85.2 Å². The first-order valence-corrected chi connectivity index (χ1v) is 14.3. The van der Waals surface area contributed by atoms with Crippen molar-refractivity contribution in [2.24, 2.45) is 0 Å². The molecule has 0 spiro atoms. The van der Waals surface area contributed by atoms with Crippen LogP contribution in [0.5, 0.6) is 0 Å². The molecule has 0 aromatic carbocycles. The van der Waals surface area contributed by atoms with Gasteiger partial charge in [0.2, 0.25) is 0 Å². The summed E-state index contributed by atoms with van der Waals surface area (Å²) in [5.41, 5.74) is 12.9. The molecule has 6 rings (SSSR count). The Hall–Kier alpha value is -4.05. The average Bonchev–Trinajstić information content (AvgIpc) is 3.70. The van der Waals surface area contributed by atoms with Gasteiger partial charge in [-0.2, -0.15) is 0 Å². The van der Waals surface area contributed by atoms with E-state index in [1.54, 1.807) is 19.3 Å². The van der Waals surface area contributed by atoms with Crippen molar-refractivity contribution in [2.75, 3.05) is 13.7 Å². The number of ether oxygens (including phenoxy) is 1. The summed E-state index contributed by atoms with van der Waals surface area (Å²) >= 11 is 0. The summed E-state index contributed by atoms with van der Waals surface area (Å²) in [4.78, 5) is 45.6. The van der Waals surface area contributed by atoms with Crippen molar-refractivity contribution in [3.05, 3.63) is 87.5 Å². The smallest absolute Gasteiger partial charge is 0.657 e. The number of carbonyl (C=O) groups excluding carboxylic acids is 1. The van der Waals surface area contributed by atoms with Crippen LogP contribution in [0.1, 0.15) is 88.5 Å². The summed E-state index contributed by atoms with van der Waals surface area (Å²) < 4.78 is 5.51. The molecule has 0 fully saturated rings. The largest absolute Gasteiger partial charge is 2.00 e. The molecule has 0 saturated heterocycles. The second kappa shape index (κ2) is 11.8. The van der Waals surface area contributed by atoms with Crippen LogP contribution in [0.25, 0.3) is 50.4 Å². The Balaban J connectivity index is 0.00000384. The Kier molecular flexibility index (Phi) is 8.41. The molecule has 2 aliphatic heterocycles. The average molecular weight is 597 g/mol. The Morgan fingerprint density at radius 2 is 1.66 bits per heavy atom. The Bertz CT molecular complexity index is 2040. The SMILES string of the molecule is C=Cc1c(C)c2cc3nc(c4c5[n-]c(cc6nc(cc1[n-]2)C(C)=C6CC)c(C)c5C(=O)[C@@H]4COC)C(/C=C/C(=O)O)=C3C.[Mg+2]. The van der Waals surface area contributed by atoms with Gasteiger partial charge in [0.15, 0.2) is 5.78 Å². The Morgan fingerprint density at radius 1 is 1.00 bits per heavy atom. The quantitative estimate of drug-likeness (QED) is 0.261. The van der Waals surface area contributed by atoms with Crippen molar-refractivity contribution in [3.8, 4) is 0 Å². The third-order valence-corrected chi connectivity index (χ3v) is 8.72. The predicted octanol–water partition coefficient (Wildman–Crippen LogP) is 6.29. The standard InChI is InChI=1S/C35H34N4O4.Mg/c1-8-20-16(3)24-12-26-18(5)22(10-11-30(40)41)33(38-26)32-23(15-43-7)35(42)31-19(6)27(39-34(31)32)14-29-21(9-2)17(4)25(37-29)13-28(20)36-24;/h8,10-14,23H,1,9,15H2,2-7H3,(H3,36,37,38,39,40,41,42);/q;+2/p-2/b11-10+,24-12?,25-13?,26-12?,27-14?,28-13?,29-14?,33-32?;/t23-;/m1./s1. The van der Waals surface area contributed by atoms with Gasteiger partial charge in [-0.15, -0.1) is 22.1 Å². The maximum Gasteiger partial charge on any atom is 2.00 e. The first kappa shape index (κ1) is 31.4. The third-order valence-electron chi connectivity index (χ3n) is 8.72. The molecule has 0 radical (unpaired) electrons. The number of aliphatic carboxylic acids is 1. The fourth-order valence-electron chi connectivity index (χ4n) is 6.40. The van der Waals surface area contributed by atoms with Crippen LogP contribution in [0.2, 0.25) is 0 Å². The van der Waals surface area contributed by atoms with E-state index in [4.69, 9.17) is 24.7 Å². The zero-order chi connectivity index (χ0) is 30.7. The molecular formula is C35H32MgN4O4. The van der Waals surface area contributed by atoms with E-state index in [0.717, 1.165) is 68.3 Å². The number of methoxy groups -OCH3 is 1. The minimum Gasteiger partial charge on any atom is -0.657 e. The molecule has 3 aromatic heterocycles. The van der Waals surface area contributed by atoms with Gasteiger partial charge in [-0.1, -0.05) is 48.9 Å². The molecule has 0 saturated carbocycles. The molecule has 1 atom stereocenters. The summed E-state index contributed by atoms with van der Waals surface area (Å²) in [6.45, 7) is 14.2. The van der Waals surface area contributed by atoms with E-state index < -0.39 is 11.9 Å². The van der Waals surface area contributed by atoms with Crippen molar-refractivity contribution in [3.63, 3.8) is 0 Å². The maximum absolute atomic E-state index is 13.9. The number of carboxylic acid groups (broad SMARTS) is 1. The Labute approximate surface area is 271 Å². The minimum atomic E-state index is -1.08. The molecule has 44 heavy (non-hydrogen) atoms. The first-order valence-electron chi connectivity index (χ1n) is 14.3. The van der Waals surface area contributed by atoms with Crippen LogP contribution < -0.4 is 9.97 Å². The van der Waals surface area contributed by atoms with Crippen LogP contribution in [-0.4, -0.2) is 63.6 Å². The molecule has 1 N–H and O–H groups in total. The number of hydrogen-bond acceptors (Lipinski definition) is 5. The molecule has 5 heterocycles. The number of aromatic nitrogens is 4. The van der Waals surface area contributed by atoms with Crippen molar-refractivity contribution in [1.29, 1.82) is 0 Å². The number of rotatable bonds is 6. The van der Waals surface area contributed by atoms with Crippen LogP contribution in [0.4, 0.5) is 0 Å². The number of nitrogens with zero attached hydrogens (tertiary/aromatic N) is 4. The monoisotopic (exact) mass is 596 g/mol. The van der Waals surface area contributed by atoms with Gasteiger partial charge in [0.1, 0.15) is 0 Å². The van der Waals surface area contributed by atoms with Gasteiger partial charge in [0.25, 0.3) is 0 Å². The molecular weight excluding hydrogens is 565 g/mol. The predicted molar refractivity (Wildman–Crippen MR) is 175 cm³/mol. The van der Waals surface area contributed by atoms with E-state index in [1.165, 1.54) is 0 Å². The van der Waals surface area contributed by atoms with Crippen molar-refractivity contribution in [2.45, 2.75) is 47.0 Å². The van der Waals surface area contributed by atoms with Gasteiger partial charge >= 0.3 is 29.0 Å². The molecule has 3 aliphatic rings. The number of Topliss-reactive ketones (excluding diaryl/α,β-unsaturated/α-hetero) is 1. The molecule has 1 aliphatic carbocycles. The number of carboxylic acids is 1. The van der Waals surface area contributed by atoms with Crippen LogP contribution in [-0.2, 0) is 9.53 Å². The van der Waals surface area contributed by atoms with Crippen LogP contribution in [0.15, 0.2) is 36.9 Å². The number of allylic oxidation sites excluding steroid dienone is 5. The number of fused-ring (bicyclic) bond motifs is 8. The van der Waals surface area contributed by atoms with Gasteiger partial charge in [-0.05, 0) is 68.0 Å². The summed E-state index contributed by atoms with van der Waals surface area (Å²) in [6, 6.07) is 5.85. The zero-order valence-corrected chi connectivity index (χ0v) is 27.2. The van der Waals surface area contributed by atoms with E-state index in [-0.39, 0.29) is 35.4 Å². The molecule has 0 amide bonds. The van der Waals surface area contributed by atoms with E-state index in [9.17, 15) is 14.7 Å². The van der Waals surface area contributed by atoms with E-state index in [1.807, 2.05) is 39.0 Å². The number of hydrogen-bond donors (Lipinski definition) is 1. The second-order valence-electron chi connectivity index (χ2n) is 11.1. The summed E-state index contributed by atoms with van der Waals surface area (Å²) in [5, 5.41) is 9.49. The topological polar surface area (TPSA) is 118 Å². The molecule has 8 bridgehead atoms. The van der Waals surface area contributed by atoms with Crippen LogP contribution >= 0.6 is 0 Å². The number of ketones is 1. The van der Waals surface area contributed by atoms with E-state index in [0.29, 0.717) is 39.1 Å². The van der Waals surface area contributed by atoms with Crippen molar-refractivity contribution < 1.29 is 19.4 Å². The van der Waals surface area contributed by atoms with Crippen LogP contribution in [0.3, 0.4) is 0 Å². The molecule has 8 nitrogen and oxygen atoms in total. The maximum atomic E-state index is 13.9. The third kappa shape index (κ3) is 4.79. The molecule has 3 aromatic rings. The van der Waals surface area contributed by atoms with Gasteiger partial charge in [-0.25, -0.2) is 14.8 Å². The molecule has 9 heteroatoms. The van der Waals surface area contributed by atoms with Crippen molar-refractivity contribution in [1.82, 2.24) is 19.9 Å². The summed E-state index contributed by atoms with van der Waals surface area (Å²) in [6.07, 6.45) is 5.22. The number of carbonyl (C=O) groups is 2. The fourth-order valence-corrected chi connectivity index (χ4v) is 6.40. The Morgan fingerprint density at radius 3 is 2.32 bits per heavy atom. The van der Waals surface area contributed by atoms with Gasteiger partial charge < -0.3 is 19.8 Å². The summed E-state index contributed by atoms with van der Waals surface area (Å²) in [5.74, 6) is -1.79. The fraction of sp³-hybridized carbons (Fsp3) is 0.257. The number of aryl methyl sites for hydroxylation is 2. The van der Waals surface area contributed by atoms with Gasteiger partial charge in [0, 0.05) is 24.3 Å². The second-order valence-corrected chi connectivity index (χ2v) is 11.1. The zero-order valence-electron chi connectivity index (χ0n) is 25.8. The van der Waals surface area contributed by atoms with E-state index in [2.05, 4.69) is 20.4 Å². The minimum absolute atomic E-state index is 0. The van der Waals surface area contributed by atoms with Crippen LogP contribution in [0, 0.1) is 13.8 Å².